The molecule has 0 saturated heterocycles. The maximum Gasteiger partial charge on any atom is 0.0203 e. The second-order valence-electron chi connectivity index (χ2n) is 6.89. The van der Waals surface area contributed by atoms with E-state index in [2.05, 4.69) is 75.0 Å². The minimum absolute atomic E-state index is 0.181. The first-order valence-electron chi connectivity index (χ1n) is 8.41. The highest BCUT2D eigenvalue weighted by molar-refractivity contribution is 5.41. The zero-order valence-corrected chi connectivity index (χ0v) is 13.8. The SMILES string of the molecule is C=CC1CCC(c2ccc(C)cc2)(c2ccc(C)cc2)CC1. The van der Waals surface area contributed by atoms with Crippen LogP contribution in [0.5, 0.6) is 0 Å². The molecule has 0 aliphatic heterocycles. The van der Waals surface area contributed by atoms with Gasteiger partial charge in [-0.2, -0.15) is 0 Å². The molecule has 1 aliphatic rings. The van der Waals surface area contributed by atoms with E-state index in [1.54, 1.807) is 0 Å². The largest absolute Gasteiger partial charge is 0.103 e. The Kier molecular flexibility index (Phi) is 4.20. The van der Waals surface area contributed by atoms with Crippen LogP contribution in [-0.4, -0.2) is 0 Å². The van der Waals surface area contributed by atoms with Crippen molar-refractivity contribution in [3.63, 3.8) is 0 Å². The molecule has 1 fully saturated rings. The van der Waals surface area contributed by atoms with Crippen molar-refractivity contribution in [2.45, 2.75) is 44.9 Å². The summed E-state index contributed by atoms with van der Waals surface area (Å²) in [5, 5.41) is 0. The van der Waals surface area contributed by atoms with E-state index in [1.165, 1.54) is 47.9 Å². The van der Waals surface area contributed by atoms with Crippen LogP contribution < -0.4 is 0 Å². The first-order chi connectivity index (χ1) is 10.6. The summed E-state index contributed by atoms with van der Waals surface area (Å²) in [4.78, 5) is 0. The first-order valence-corrected chi connectivity index (χ1v) is 8.41. The monoisotopic (exact) mass is 290 g/mol. The second kappa shape index (κ2) is 6.12. The summed E-state index contributed by atoms with van der Waals surface area (Å²) in [6, 6.07) is 18.4. The third-order valence-corrected chi connectivity index (χ3v) is 5.43. The molecule has 0 radical (unpaired) electrons. The Bertz CT molecular complexity index is 575. The number of allylic oxidation sites excluding steroid dienone is 1. The van der Waals surface area contributed by atoms with Crippen LogP contribution in [0.25, 0.3) is 0 Å². The van der Waals surface area contributed by atoms with E-state index in [1.807, 2.05) is 0 Å². The molecular formula is C22H26. The lowest BCUT2D eigenvalue weighted by Gasteiger charge is -2.41. The Hall–Kier alpha value is -1.82. The Morgan fingerprint density at radius 2 is 1.23 bits per heavy atom. The zero-order chi connectivity index (χ0) is 15.6. The number of aryl methyl sites for hydroxylation is 2. The number of hydrogen-bond acceptors (Lipinski definition) is 0. The fraction of sp³-hybridized carbons (Fsp3) is 0.364. The lowest BCUT2D eigenvalue weighted by atomic mass is 9.63. The van der Waals surface area contributed by atoms with Crippen molar-refractivity contribution in [3.8, 4) is 0 Å². The van der Waals surface area contributed by atoms with E-state index >= 15 is 0 Å². The van der Waals surface area contributed by atoms with Crippen LogP contribution >= 0.6 is 0 Å². The summed E-state index contributed by atoms with van der Waals surface area (Å²) < 4.78 is 0. The van der Waals surface area contributed by atoms with Crippen molar-refractivity contribution in [2.75, 3.05) is 0 Å². The second-order valence-corrected chi connectivity index (χ2v) is 6.89. The normalized spacial score (nSPS) is 18.1. The fourth-order valence-electron chi connectivity index (χ4n) is 3.86. The number of benzene rings is 2. The summed E-state index contributed by atoms with van der Waals surface area (Å²) in [7, 11) is 0. The van der Waals surface area contributed by atoms with Crippen LogP contribution in [0.2, 0.25) is 0 Å². The molecule has 2 aromatic rings. The van der Waals surface area contributed by atoms with Gasteiger partial charge in [0.2, 0.25) is 0 Å². The van der Waals surface area contributed by atoms with Gasteiger partial charge in [-0.25, -0.2) is 0 Å². The van der Waals surface area contributed by atoms with Gasteiger partial charge in [0, 0.05) is 5.41 Å². The van der Waals surface area contributed by atoms with E-state index in [4.69, 9.17) is 0 Å². The van der Waals surface area contributed by atoms with Gasteiger partial charge in [0.15, 0.2) is 0 Å². The van der Waals surface area contributed by atoms with Crippen LogP contribution in [-0.2, 0) is 5.41 Å². The van der Waals surface area contributed by atoms with Crippen molar-refractivity contribution >= 4 is 0 Å². The topological polar surface area (TPSA) is 0 Å². The quantitative estimate of drug-likeness (QED) is 0.611. The molecule has 0 nitrogen and oxygen atoms in total. The highest BCUT2D eigenvalue weighted by atomic mass is 14.4. The molecule has 2 aromatic carbocycles. The van der Waals surface area contributed by atoms with Gasteiger partial charge in [-0.05, 0) is 56.6 Å². The molecule has 0 amide bonds. The van der Waals surface area contributed by atoms with E-state index < -0.39 is 0 Å². The van der Waals surface area contributed by atoms with Gasteiger partial charge in [-0.1, -0.05) is 65.7 Å². The van der Waals surface area contributed by atoms with Crippen LogP contribution in [0.15, 0.2) is 61.2 Å². The predicted molar refractivity (Wildman–Crippen MR) is 95.3 cm³/mol. The molecule has 3 rings (SSSR count). The molecular weight excluding hydrogens is 264 g/mol. The Balaban J connectivity index is 2.04. The molecule has 22 heavy (non-hydrogen) atoms. The number of rotatable bonds is 3. The van der Waals surface area contributed by atoms with Crippen LogP contribution in [0, 0.1) is 19.8 Å². The fourth-order valence-corrected chi connectivity index (χ4v) is 3.86. The van der Waals surface area contributed by atoms with Gasteiger partial charge >= 0.3 is 0 Å². The first kappa shape index (κ1) is 15.1. The molecule has 0 atom stereocenters. The molecule has 0 heterocycles. The summed E-state index contributed by atoms with van der Waals surface area (Å²) in [6.45, 7) is 8.33. The number of hydrogen-bond donors (Lipinski definition) is 0. The van der Waals surface area contributed by atoms with Crippen LogP contribution in [0.4, 0.5) is 0 Å². The molecule has 1 aliphatic carbocycles. The smallest absolute Gasteiger partial charge is 0.0203 e. The predicted octanol–water partition coefficient (Wildman–Crippen LogP) is 5.97. The summed E-state index contributed by atoms with van der Waals surface area (Å²) in [6.07, 6.45) is 7.07. The Morgan fingerprint density at radius 3 is 1.59 bits per heavy atom. The van der Waals surface area contributed by atoms with Crippen molar-refractivity contribution in [1.29, 1.82) is 0 Å². The van der Waals surface area contributed by atoms with Gasteiger partial charge in [-0.3, -0.25) is 0 Å². The average molecular weight is 290 g/mol. The standard InChI is InChI=1S/C22H26/c1-4-19-13-15-22(16-14-19,20-9-5-17(2)6-10-20)21-11-7-18(3)8-12-21/h4-12,19H,1,13-16H2,2-3H3. The third-order valence-electron chi connectivity index (χ3n) is 5.43. The van der Waals surface area contributed by atoms with Crippen molar-refractivity contribution in [3.05, 3.63) is 83.4 Å². The summed E-state index contributed by atoms with van der Waals surface area (Å²) >= 11 is 0. The van der Waals surface area contributed by atoms with E-state index in [-0.39, 0.29) is 5.41 Å². The molecule has 0 aromatic heterocycles. The Labute approximate surface area is 134 Å². The van der Waals surface area contributed by atoms with Crippen LogP contribution in [0.1, 0.15) is 47.9 Å². The minimum Gasteiger partial charge on any atom is -0.103 e. The van der Waals surface area contributed by atoms with Gasteiger partial charge < -0.3 is 0 Å². The third kappa shape index (κ3) is 2.75. The van der Waals surface area contributed by atoms with Crippen molar-refractivity contribution in [1.82, 2.24) is 0 Å². The molecule has 1 saturated carbocycles. The maximum absolute atomic E-state index is 4.00. The molecule has 0 bridgehead atoms. The lowest BCUT2D eigenvalue weighted by Crippen LogP contribution is -2.32. The molecule has 114 valence electrons. The zero-order valence-electron chi connectivity index (χ0n) is 13.8. The van der Waals surface area contributed by atoms with E-state index in [9.17, 15) is 0 Å². The Morgan fingerprint density at radius 1 is 0.818 bits per heavy atom. The average Bonchev–Trinajstić information content (AvgIpc) is 2.56. The van der Waals surface area contributed by atoms with Gasteiger partial charge in [0.1, 0.15) is 0 Å². The minimum atomic E-state index is 0.181. The highest BCUT2D eigenvalue weighted by Crippen LogP contribution is 2.46. The van der Waals surface area contributed by atoms with Crippen LogP contribution in [0.3, 0.4) is 0 Å². The summed E-state index contributed by atoms with van der Waals surface area (Å²) in [5.74, 6) is 0.684. The summed E-state index contributed by atoms with van der Waals surface area (Å²) in [5.41, 5.74) is 5.81. The van der Waals surface area contributed by atoms with Gasteiger partial charge in [0.05, 0.1) is 0 Å². The van der Waals surface area contributed by atoms with Gasteiger partial charge in [-0.15, -0.1) is 6.58 Å². The molecule has 0 N–H and O–H groups in total. The highest BCUT2D eigenvalue weighted by Gasteiger charge is 2.37. The van der Waals surface area contributed by atoms with E-state index in [0.717, 1.165) is 0 Å². The lowest BCUT2D eigenvalue weighted by molar-refractivity contribution is 0.300. The van der Waals surface area contributed by atoms with Gasteiger partial charge in [0.25, 0.3) is 0 Å². The van der Waals surface area contributed by atoms with E-state index in [0.29, 0.717) is 5.92 Å². The molecule has 0 spiro atoms. The van der Waals surface area contributed by atoms with Crippen molar-refractivity contribution in [2.24, 2.45) is 5.92 Å². The maximum atomic E-state index is 4.00. The molecule has 0 unspecified atom stereocenters. The van der Waals surface area contributed by atoms with Crippen molar-refractivity contribution < 1.29 is 0 Å². The molecule has 0 heteroatoms.